The Bertz CT molecular complexity index is 569. The zero-order valence-corrected chi connectivity index (χ0v) is 12.7. The molecule has 1 unspecified atom stereocenters. The molecule has 1 aliphatic carbocycles. The lowest BCUT2D eigenvalue weighted by Crippen LogP contribution is -2.40. The fourth-order valence-corrected chi connectivity index (χ4v) is 3.33. The Kier molecular flexibility index (Phi) is 3.71. The molecule has 4 N–H and O–H groups in total. The van der Waals surface area contributed by atoms with Crippen molar-refractivity contribution in [1.29, 1.82) is 0 Å². The Morgan fingerprint density at radius 2 is 2.19 bits per heavy atom. The highest BCUT2D eigenvalue weighted by atomic mass is 32.1. The van der Waals surface area contributed by atoms with Crippen LogP contribution in [0.2, 0.25) is 0 Å². The molecule has 1 saturated heterocycles. The predicted octanol–water partition coefficient (Wildman–Crippen LogP) is 0.650. The van der Waals surface area contributed by atoms with E-state index >= 15 is 0 Å². The Balaban J connectivity index is 1.65. The van der Waals surface area contributed by atoms with E-state index in [4.69, 9.17) is 5.73 Å². The maximum atomic E-state index is 12.2. The summed E-state index contributed by atoms with van der Waals surface area (Å²) in [6.07, 6.45) is 4.12. The van der Waals surface area contributed by atoms with E-state index in [0.717, 1.165) is 12.8 Å². The van der Waals surface area contributed by atoms with Crippen LogP contribution in [0.15, 0.2) is 0 Å². The minimum Gasteiger partial charge on any atom is -0.382 e. The highest BCUT2D eigenvalue weighted by Gasteiger charge is 2.31. The van der Waals surface area contributed by atoms with Gasteiger partial charge in [0.25, 0.3) is 5.91 Å². The van der Waals surface area contributed by atoms with Gasteiger partial charge in [-0.1, -0.05) is 11.3 Å². The van der Waals surface area contributed by atoms with Gasteiger partial charge in [-0.15, -0.1) is 0 Å². The van der Waals surface area contributed by atoms with Gasteiger partial charge in [0.15, 0.2) is 5.13 Å². The SMILES string of the molecule is CN1CCC(NC(=O)c2sc(NC3CCC3)nc2N)C1=O. The summed E-state index contributed by atoms with van der Waals surface area (Å²) in [4.78, 5) is 30.2. The van der Waals surface area contributed by atoms with Gasteiger partial charge in [0.2, 0.25) is 5.91 Å². The number of nitrogen functional groups attached to an aromatic ring is 1. The molecular formula is C13H19N5O2S. The number of nitrogens with zero attached hydrogens (tertiary/aromatic N) is 2. The van der Waals surface area contributed by atoms with Crippen LogP contribution in [-0.2, 0) is 4.79 Å². The lowest BCUT2D eigenvalue weighted by Gasteiger charge is -2.25. The number of rotatable bonds is 4. The summed E-state index contributed by atoms with van der Waals surface area (Å²) in [5, 5.41) is 6.70. The van der Waals surface area contributed by atoms with E-state index in [2.05, 4.69) is 15.6 Å². The highest BCUT2D eigenvalue weighted by molar-refractivity contribution is 7.18. The Morgan fingerprint density at radius 1 is 1.43 bits per heavy atom. The summed E-state index contributed by atoms with van der Waals surface area (Å²) in [6.45, 7) is 0.663. The molecule has 1 aromatic rings. The predicted molar refractivity (Wildman–Crippen MR) is 81.3 cm³/mol. The van der Waals surface area contributed by atoms with Crippen LogP contribution in [0.4, 0.5) is 10.9 Å². The maximum Gasteiger partial charge on any atom is 0.265 e. The first-order valence-corrected chi connectivity index (χ1v) is 7.95. The molecule has 114 valence electrons. The molecule has 2 fully saturated rings. The van der Waals surface area contributed by atoms with Gasteiger partial charge in [0, 0.05) is 19.6 Å². The van der Waals surface area contributed by atoms with Gasteiger partial charge in [-0.3, -0.25) is 9.59 Å². The zero-order valence-electron chi connectivity index (χ0n) is 11.9. The number of likely N-dealkylation sites (tertiary alicyclic amines) is 1. The number of nitrogens with one attached hydrogen (secondary N) is 2. The van der Waals surface area contributed by atoms with Crippen molar-refractivity contribution in [2.45, 2.75) is 37.8 Å². The van der Waals surface area contributed by atoms with E-state index in [1.165, 1.54) is 17.8 Å². The minimum absolute atomic E-state index is 0.0562. The fourth-order valence-electron chi connectivity index (χ4n) is 2.46. The number of carbonyl (C=O) groups excluding carboxylic acids is 2. The van der Waals surface area contributed by atoms with E-state index in [1.54, 1.807) is 11.9 Å². The van der Waals surface area contributed by atoms with Crippen molar-refractivity contribution in [3.8, 4) is 0 Å². The number of likely N-dealkylation sites (N-methyl/N-ethyl adjacent to an activating group) is 1. The summed E-state index contributed by atoms with van der Waals surface area (Å²) in [5.41, 5.74) is 5.82. The van der Waals surface area contributed by atoms with Crippen molar-refractivity contribution in [2.24, 2.45) is 0 Å². The lowest BCUT2D eigenvalue weighted by atomic mass is 9.93. The quantitative estimate of drug-likeness (QED) is 0.758. The summed E-state index contributed by atoms with van der Waals surface area (Å²) in [7, 11) is 1.73. The summed E-state index contributed by atoms with van der Waals surface area (Å²) in [5.74, 6) is -0.155. The van der Waals surface area contributed by atoms with Crippen LogP contribution >= 0.6 is 11.3 Å². The number of nitrogens with two attached hydrogens (primary N) is 1. The van der Waals surface area contributed by atoms with Gasteiger partial charge in [0.1, 0.15) is 16.7 Å². The van der Waals surface area contributed by atoms with Gasteiger partial charge < -0.3 is 21.3 Å². The molecule has 2 amide bonds. The molecule has 1 aliphatic heterocycles. The van der Waals surface area contributed by atoms with E-state index in [1.807, 2.05) is 0 Å². The second kappa shape index (κ2) is 5.51. The van der Waals surface area contributed by atoms with Crippen molar-refractivity contribution in [3.05, 3.63) is 4.88 Å². The second-order valence-corrected chi connectivity index (χ2v) is 6.58. The molecule has 2 aliphatic rings. The van der Waals surface area contributed by atoms with Gasteiger partial charge in [0.05, 0.1) is 0 Å². The molecule has 0 bridgehead atoms. The summed E-state index contributed by atoms with van der Waals surface area (Å²) in [6, 6.07) is -0.0106. The Hall–Kier alpha value is -1.83. The number of hydrogen-bond donors (Lipinski definition) is 3. The molecular weight excluding hydrogens is 290 g/mol. The Morgan fingerprint density at radius 3 is 2.76 bits per heavy atom. The van der Waals surface area contributed by atoms with Crippen molar-refractivity contribution in [2.75, 3.05) is 24.6 Å². The third kappa shape index (κ3) is 2.80. The first kappa shape index (κ1) is 14.1. The molecule has 1 aromatic heterocycles. The smallest absolute Gasteiger partial charge is 0.265 e. The molecule has 21 heavy (non-hydrogen) atoms. The molecule has 1 saturated carbocycles. The monoisotopic (exact) mass is 309 g/mol. The number of carbonyl (C=O) groups is 2. The number of anilines is 2. The highest BCUT2D eigenvalue weighted by Crippen LogP contribution is 2.29. The van der Waals surface area contributed by atoms with Gasteiger partial charge in [-0.05, 0) is 25.7 Å². The van der Waals surface area contributed by atoms with E-state index < -0.39 is 6.04 Å². The van der Waals surface area contributed by atoms with Crippen LogP contribution in [-0.4, -0.2) is 47.4 Å². The zero-order chi connectivity index (χ0) is 15.0. The third-order valence-electron chi connectivity index (χ3n) is 4.03. The van der Waals surface area contributed by atoms with Crippen molar-refractivity contribution < 1.29 is 9.59 Å². The van der Waals surface area contributed by atoms with Crippen molar-refractivity contribution in [3.63, 3.8) is 0 Å². The number of thiazole rings is 1. The molecule has 2 heterocycles. The molecule has 0 aromatic carbocycles. The van der Waals surface area contributed by atoms with Crippen LogP contribution in [0.1, 0.15) is 35.4 Å². The molecule has 3 rings (SSSR count). The van der Waals surface area contributed by atoms with Gasteiger partial charge >= 0.3 is 0 Å². The van der Waals surface area contributed by atoms with E-state index in [-0.39, 0.29) is 17.6 Å². The molecule has 7 nitrogen and oxygen atoms in total. The average Bonchev–Trinajstić information content (AvgIpc) is 2.91. The standard InChI is InChI=1S/C13H19N5O2S/c1-18-6-5-8(12(18)20)16-11(19)9-10(14)17-13(21-9)15-7-3-2-4-7/h7-8H,2-6,14H2,1H3,(H,15,17)(H,16,19). The van der Waals surface area contributed by atoms with Crippen LogP contribution in [0, 0.1) is 0 Å². The van der Waals surface area contributed by atoms with Crippen LogP contribution < -0.4 is 16.4 Å². The van der Waals surface area contributed by atoms with Crippen LogP contribution in [0.25, 0.3) is 0 Å². The largest absolute Gasteiger partial charge is 0.382 e. The van der Waals surface area contributed by atoms with E-state index in [0.29, 0.717) is 29.0 Å². The van der Waals surface area contributed by atoms with Crippen LogP contribution in [0.5, 0.6) is 0 Å². The second-order valence-electron chi connectivity index (χ2n) is 5.58. The van der Waals surface area contributed by atoms with E-state index in [9.17, 15) is 9.59 Å². The van der Waals surface area contributed by atoms with Crippen molar-refractivity contribution in [1.82, 2.24) is 15.2 Å². The lowest BCUT2D eigenvalue weighted by molar-refractivity contribution is -0.128. The Labute approximate surface area is 126 Å². The van der Waals surface area contributed by atoms with Gasteiger partial charge in [-0.2, -0.15) is 0 Å². The number of amides is 2. The average molecular weight is 309 g/mol. The minimum atomic E-state index is -0.452. The molecule has 1 atom stereocenters. The maximum absolute atomic E-state index is 12.2. The third-order valence-corrected chi connectivity index (χ3v) is 5.03. The fraction of sp³-hybridized carbons (Fsp3) is 0.615. The first-order chi connectivity index (χ1) is 10.0. The van der Waals surface area contributed by atoms with Gasteiger partial charge in [-0.25, -0.2) is 4.98 Å². The molecule has 8 heteroatoms. The summed E-state index contributed by atoms with van der Waals surface area (Å²) >= 11 is 1.25. The number of hydrogen-bond acceptors (Lipinski definition) is 6. The number of aromatic nitrogens is 1. The van der Waals surface area contributed by atoms with Crippen molar-refractivity contribution >= 4 is 34.1 Å². The normalized spacial score (nSPS) is 22.2. The topological polar surface area (TPSA) is 100 Å². The summed E-state index contributed by atoms with van der Waals surface area (Å²) < 4.78 is 0. The molecule has 0 radical (unpaired) electrons. The molecule has 0 spiro atoms. The van der Waals surface area contributed by atoms with Crippen LogP contribution in [0.3, 0.4) is 0 Å². The first-order valence-electron chi connectivity index (χ1n) is 7.13.